The maximum Gasteiger partial charge on any atom is 0.260 e. The largest absolute Gasteiger partial charge is 0.378 e. The molecule has 6 nitrogen and oxygen atoms in total. The highest BCUT2D eigenvalue weighted by Gasteiger charge is 2.18. The van der Waals surface area contributed by atoms with E-state index in [-0.39, 0.29) is 23.3 Å². The second kappa shape index (κ2) is 10.8. The fourth-order valence-electron chi connectivity index (χ4n) is 2.82. The van der Waals surface area contributed by atoms with Crippen LogP contribution in [-0.2, 0) is 4.79 Å². The zero-order chi connectivity index (χ0) is 18.8. The third-order valence-electron chi connectivity index (χ3n) is 4.48. The summed E-state index contributed by atoms with van der Waals surface area (Å²) < 4.78 is 0. The average Bonchev–Trinajstić information content (AvgIpc) is 2.60. The number of nitrogens with zero attached hydrogens (tertiary/aromatic N) is 2. The fourth-order valence-corrected chi connectivity index (χ4v) is 2.82. The van der Waals surface area contributed by atoms with Crippen molar-refractivity contribution in [1.82, 2.24) is 5.17 Å². The molecule has 3 N–H and O–H groups in total. The fraction of sp³-hybridized carbons (Fsp3) is 0.579. The molecule has 0 bridgehead atoms. The lowest BCUT2D eigenvalue weighted by Crippen LogP contribution is -2.33. The van der Waals surface area contributed by atoms with Gasteiger partial charge in [-0.15, -0.1) is 0 Å². The number of anilines is 1. The molecule has 0 saturated heterocycles. The summed E-state index contributed by atoms with van der Waals surface area (Å²) >= 11 is 0. The molecular weight excluding hydrogens is 318 g/mol. The lowest BCUT2D eigenvalue weighted by Gasteiger charge is -2.16. The van der Waals surface area contributed by atoms with E-state index >= 15 is 0 Å². The van der Waals surface area contributed by atoms with Gasteiger partial charge in [-0.3, -0.25) is 14.8 Å². The first-order chi connectivity index (χ1) is 11.9. The number of carbonyl (C=O) groups is 2. The summed E-state index contributed by atoms with van der Waals surface area (Å²) in [5.74, 6) is 4.73. The number of rotatable bonds is 11. The Kier molecular flexibility index (Phi) is 9.16. The van der Waals surface area contributed by atoms with Crippen LogP contribution in [0.25, 0.3) is 0 Å². The minimum atomic E-state index is -0.470. The molecule has 1 atom stereocenters. The smallest absolute Gasteiger partial charge is 0.260 e. The predicted octanol–water partition coefficient (Wildman–Crippen LogP) is 3.39. The van der Waals surface area contributed by atoms with Crippen molar-refractivity contribution in [3.8, 4) is 0 Å². The summed E-state index contributed by atoms with van der Waals surface area (Å²) in [5, 5.41) is 8.91. The minimum Gasteiger partial charge on any atom is -0.378 e. The van der Waals surface area contributed by atoms with E-state index in [2.05, 4.69) is 0 Å². The molecule has 0 heterocycles. The highest BCUT2D eigenvalue weighted by Crippen LogP contribution is 2.21. The molecule has 0 aliphatic rings. The first kappa shape index (κ1) is 21.1. The van der Waals surface area contributed by atoms with Gasteiger partial charge in [-0.05, 0) is 43.5 Å². The second-order valence-electron chi connectivity index (χ2n) is 6.60. The van der Waals surface area contributed by atoms with Crippen LogP contribution in [0.3, 0.4) is 0 Å². The van der Waals surface area contributed by atoms with Gasteiger partial charge in [0.2, 0.25) is 0 Å². The van der Waals surface area contributed by atoms with Crippen molar-refractivity contribution >= 4 is 17.4 Å². The van der Waals surface area contributed by atoms with Crippen LogP contribution in [0.15, 0.2) is 24.3 Å². The summed E-state index contributed by atoms with van der Waals surface area (Å²) in [6.45, 7) is 2.05. The van der Waals surface area contributed by atoms with E-state index in [0.717, 1.165) is 43.4 Å². The predicted molar refractivity (Wildman–Crippen MR) is 99.4 cm³/mol. The quantitative estimate of drug-likeness (QED) is 0.160. The summed E-state index contributed by atoms with van der Waals surface area (Å²) in [6.07, 6.45) is 5.46. The lowest BCUT2D eigenvalue weighted by molar-refractivity contribution is -0.166. The van der Waals surface area contributed by atoms with E-state index in [0.29, 0.717) is 6.42 Å². The SMILES string of the molecule is CCC(CCCCCCC(=O)N(N)O)C(=O)c1ccc(N(C)C)cc1. The van der Waals surface area contributed by atoms with Crippen LogP contribution in [0.1, 0.15) is 62.2 Å². The Morgan fingerprint density at radius 2 is 1.68 bits per heavy atom. The average molecular weight is 349 g/mol. The van der Waals surface area contributed by atoms with Gasteiger partial charge in [-0.2, -0.15) is 5.17 Å². The molecule has 1 unspecified atom stereocenters. The number of unbranched alkanes of at least 4 members (excludes halogenated alkanes) is 3. The van der Waals surface area contributed by atoms with E-state index in [4.69, 9.17) is 11.0 Å². The van der Waals surface area contributed by atoms with Crippen molar-refractivity contribution in [3.63, 3.8) is 0 Å². The first-order valence-electron chi connectivity index (χ1n) is 8.95. The van der Waals surface area contributed by atoms with Crippen LogP contribution in [0.5, 0.6) is 0 Å². The number of carbonyl (C=O) groups excluding carboxylic acids is 2. The number of hydrogen-bond acceptors (Lipinski definition) is 5. The Morgan fingerprint density at radius 1 is 1.08 bits per heavy atom. The topological polar surface area (TPSA) is 86.9 Å². The van der Waals surface area contributed by atoms with Gasteiger partial charge in [-0.1, -0.05) is 26.2 Å². The van der Waals surface area contributed by atoms with Crippen LogP contribution in [0.2, 0.25) is 0 Å². The van der Waals surface area contributed by atoms with Gasteiger partial charge in [0.15, 0.2) is 5.78 Å². The van der Waals surface area contributed by atoms with Crippen LogP contribution in [0.4, 0.5) is 5.69 Å². The molecule has 1 aromatic carbocycles. The molecule has 0 aromatic heterocycles. The van der Waals surface area contributed by atoms with Gasteiger partial charge in [0.1, 0.15) is 0 Å². The number of hydrogen-bond donors (Lipinski definition) is 2. The molecule has 0 aliphatic carbocycles. The van der Waals surface area contributed by atoms with E-state index in [1.165, 1.54) is 0 Å². The van der Waals surface area contributed by atoms with Crippen molar-refractivity contribution in [3.05, 3.63) is 29.8 Å². The van der Waals surface area contributed by atoms with Crippen LogP contribution >= 0.6 is 0 Å². The number of Topliss-reactive ketones (excluding diaryl/α,β-unsaturated/α-hetero) is 1. The lowest BCUT2D eigenvalue weighted by atomic mass is 9.90. The summed E-state index contributed by atoms with van der Waals surface area (Å²) in [6, 6.07) is 7.75. The van der Waals surface area contributed by atoms with Gasteiger partial charge < -0.3 is 4.90 Å². The number of ketones is 1. The van der Waals surface area contributed by atoms with E-state index in [1.54, 1.807) is 0 Å². The third kappa shape index (κ3) is 7.23. The number of hydrazine groups is 1. The Morgan fingerprint density at radius 3 is 2.20 bits per heavy atom. The maximum absolute atomic E-state index is 12.6. The Labute approximate surface area is 150 Å². The zero-order valence-electron chi connectivity index (χ0n) is 15.6. The number of benzene rings is 1. The molecule has 140 valence electrons. The molecule has 0 spiro atoms. The molecule has 0 saturated carbocycles. The van der Waals surface area contributed by atoms with Crippen LogP contribution < -0.4 is 10.7 Å². The minimum absolute atomic E-state index is 0.0452. The number of nitrogens with two attached hydrogens (primary N) is 1. The molecule has 0 aliphatic heterocycles. The van der Waals surface area contributed by atoms with Gasteiger partial charge in [0, 0.05) is 37.7 Å². The molecule has 1 rings (SSSR count). The summed E-state index contributed by atoms with van der Waals surface area (Å²) in [7, 11) is 3.95. The molecule has 1 aromatic rings. The Bertz CT molecular complexity index is 541. The van der Waals surface area contributed by atoms with Crippen molar-refractivity contribution < 1.29 is 14.8 Å². The molecule has 1 amide bonds. The van der Waals surface area contributed by atoms with Crippen molar-refractivity contribution in [1.29, 1.82) is 0 Å². The van der Waals surface area contributed by atoms with E-state index in [9.17, 15) is 9.59 Å². The third-order valence-corrected chi connectivity index (χ3v) is 4.48. The van der Waals surface area contributed by atoms with Crippen LogP contribution in [-0.4, -0.2) is 36.2 Å². The monoisotopic (exact) mass is 349 g/mol. The summed E-state index contributed by atoms with van der Waals surface area (Å²) in [4.78, 5) is 25.8. The molecule has 0 radical (unpaired) electrons. The van der Waals surface area contributed by atoms with Gasteiger partial charge in [-0.25, -0.2) is 5.84 Å². The maximum atomic E-state index is 12.6. The number of amides is 1. The van der Waals surface area contributed by atoms with E-state index in [1.807, 2.05) is 50.2 Å². The van der Waals surface area contributed by atoms with Crippen LogP contribution in [0, 0.1) is 5.92 Å². The summed E-state index contributed by atoms with van der Waals surface area (Å²) in [5.41, 5.74) is 1.85. The van der Waals surface area contributed by atoms with Crippen molar-refractivity contribution in [2.75, 3.05) is 19.0 Å². The van der Waals surface area contributed by atoms with Crippen molar-refractivity contribution in [2.24, 2.45) is 11.8 Å². The molecule has 25 heavy (non-hydrogen) atoms. The zero-order valence-corrected chi connectivity index (χ0v) is 15.6. The Hall–Kier alpha value is -1.92. The van der Waals surface area contributed by atoms with E-state index < -0.39 is 5.91 Å². The highest BCUT2D eigenvalue weighted by molar-refractivity contribution is 5.98. The van der Waals surface area contributed by atoms with Gasteiger partial charge in [0.25, 0.3) is 5.91 Å². The molecule has 0 fully saturated rings. The Balaban J connectivity index is 2.37. The first-order valence-corrected chi connectivity index (χ1v) is 8.95. The standard InChI is InChI=1S/C19H31N3O3/c1-4-15(9-7-5-6-8-10-18(23)22(20)25)19(24)16-11-13-17(14-12-16)21(2)3/h11-15,25H,4-10,20H2,1-3H3. The normalized spacial score (nSPS) is 11.9. The van der Waals surface area contributed by atoms with Gasteiger partial charge in [0.05, 0.1) is 0 Å². The molecular formula is C19H31N3O3. The van der Waals surface area contributed by atoms with Crippen molar-refractivity contribution in [2.45, 2.75) is 51.9 Å². The highest BCUT2D eigenvalue weighted by atomic mass is 16.5. The molecule has 6 heteroatoms. The second-order valence-corrected chi connectivity index (χ2v) is 6.60. The van der Waals surface area contributed by atoms with Gasteiger partial charge >= 0.3 is 0 Å². The number of hydroxylamine groups is 1.